The number of ether oxygens (including phenoxy) is 1. The van der Waals surface area contributed by atoms with Gasteiger partial charge in [0.1, 0.15) is 5.60 Å². The first-order chi connectivity index (χ1) is 7.69. The van der Waals surface area contributed by atoms with E-state index in [1.807, 2.05) is 31.2 Å². The molecule has 1 fully saturated rings. The van der Waals surface area contributed by atoms with Crippen LogP contribution in [0.3, 0.4) is 0 Å². The highest BCUT2D eigenvalue weighted by atomic mass is 16.6. The van der Waals surface area contributed by atoms with E-state index in [0.29, 0.717) is 12.3 Å². The lowest BCUT2D eigenvalue weighted by Gasteiger charge is -2.24. The summed E-state index contributed by atoms with van der Waals surface area (Å²) in [7, 11) is 0. The number of hydrogen-bond acceptors (Lipinski definition) is 2. The second-order valence-electron chi connectivity index (χ2n) is 4.76. The SMILES string of the molecule is C[C@]12C=C[C@H](c3ccccc3)[C@H]1CC(=O)O2. The van der Waals surface area contributed by atoms with Gasteiger partial charge in [0.05, 0.1) is 6.42 Å². The summed E-state index contributed by atoms with van der Waals surface area (Å²) in [5.74, 6) is 0.512. The molecule has 1 aromatic rings. The molecule has 16 heavy (non-hydrogen) atoms. The van der Waals surface area contributed by atoms with Gasteiger partial charge in [0.25, 0.3) is 0 Å². The molecule has 1 aliphatic carbocycles. The standard InChI is InChI=1S/C14H14O2/c1-14-8-7-11(10-5-3-2-4-6-10)12(14)9-13(15)16-14/h2-8,11-12H,9H2,1H3/t11-,12-,14+/m1/s1. The Labute approximate surface area is 94.9 Å². The summed E-state index contributed by atoms with van der Waals surface area (Å²) < 4.78 is 5.40. The van der Waals surface area contributed by atoms with Gasteiger partial charge in [-0.3, -0.25) is 4.79 Å². The lowest BCUT2D eigenvalue weighted by Crippen LogP contribution is -2.27. The zero-order chi connectivity index (χ0) is 11.2. The molecule has 0 aromatic heterocycles. The van der Waals surface area contributed by atoms with Gasteiger partial charge in [-0.05, 0) is 18.6 Å². The second kappa shape index (κ2) is 3.21. The number of carbonyl (C=O) groups excluding carboxylic acids is 1. The highest BCUT2D eigenvalue weighted by molar-refractivity contribution is 5.74. The molecule has 3 atom stereocenters. The Bertz CT molecular complexity index is 449. The maximum Gasteiger partial charge on any atom is 0.307 e. The Morgan fingerprint density at radius 2 is 2.06 bits per heavy atom. The number of rotatable bonds is 1. The van der Waals surface area contributed by atoms with Gasteiger partial charge in [-0.2, -0.15) is 0 Å². The Balaban J connectivity index is 1.96. The van der Waals surface area contributed by atoms with Gasteiger partial charge in [0.15, 0.2) is 0 Å². The molecular formula is C14H14O2. The van der Waals surface area contributed by atoms with Gasteiger partial charge in [-0.15, -0.1) is 0 Å². The summed E-state index contributed by atoms with van der Waals surface area (Å²) in [6, 6.07) is 10.3. The van der Waals surface area contributed by atoms with Crippen molar-refractivity contribution in [1.82, 2.24) is 0 Å². The van der Waals surface area contributed by atoms with Crippen molar-refractivity contribution in [2.75, 3.05) is 0 Å². The summed E-state index contributed by atoms with van der Waals surface area (Å²) in [5.41, 5.74) is 0.892. The number of benzene rings is 1. The fourth-order valence-corrected chi connectivity index (χ4v) is 2.83. The van der Waals surface area contributed by atoms with Crippen molar-refractivity contribution >= 4 is 5.97 Å². The highest BCUT2D eigenvalue weighted by Crippen LogP contribution is 2.48. The Morgan fingerprint density at radius 3 is 2.81 bits per heavy atom. The van der Waals surface area contributed by atoms with Crippen molar-refractivity contribution in [3.8, 4) is 0 Å². The third-order valence-corrected chi connectivity index (χ3v) is 3.71. The van der Waals surface area contributed by atoms with Gasteiger partial charge in [-0.25, -0.2) is 0 Å². The van der Waals surface area contributed by atoms with Crippen molar-refractivity contribution in [2.24, 2.45) is 5.92 Å². The van der Waals surface area contributed by atoms with E-state index in [2.05, 4.69) is 18.2 Å². The van der Waals surface area contributed by atoms with Gasteiger partial charge >= 0.3 is 5.97 Å². The van der Waals surface area contributed by atoms with E-state index >= 15 is 0 Å². The van der Waals surface area contributed by atoms with Crippen LogP contribution < -0.4 is 0 Å². The van der Waals surface area contributed by atoms with Crippen molar-refractivity contribution < 1.29 is 9.53 Å². The van der Waals surface area contributed by atoms with Crippen LogP contribution in [-0.2, 0) is 9.53 Å². The van der Waals surface area contributed by atoms with Crippen molar-refractivity contribution in [2.45, 2.75) is 24.9 Å². The maximum atomic E-state index is 11.4. The minimum atomic E-state index is -0.377. The lowest BCUT2D eigenvalue weighted by molar-refractivity contribution is -0.144. The zero-order valence-corrected chi connectivity index (χ0v) is 9.22. The number of hydrogen-bond donors (Lipinski definition) is 0. The molecule has 0 bridgehead atoms. The fourth-order valence-electron chi connectivity index (χ4n) is 2.83. The molecule has 0 spiro atoms. The van der Waals surface area contributed by atoms with Crippen LogP contribution in [0.25, 0.3) is 0 Å². The number of esters is 1. The molecule has 1 aliphatic heterocycles. The number of allylic oxidation sites excluding steroid dienone is 1. The predicted molar refractivity (Wildman–Crippen MR) is 60.9 cm³/mol. The molecule has 82 valence electrons. The molecule has 0 radical (unpaired) electrons. The quantitative estimate of drug-likeness (QED) is 0.530. The average molecular weight is 214 g/mol. The van der Waals surface area contributed by atoms with Crippen LogP contribution in [0.2, 0.25) is 0 Å². The van der Waals surface area contributed by atoms with Crippen molar-refractivity contribution in [3.05, 3.63) is 48.0 Å². The van der Waals surface area contributed by atoms with Crippen molar-refractivity contribution in [3.63, 3.8) is 0 Å². The third kappa shape index (κ3) is 1.29. The Hall–Kier alpha value is -1.57. The second-order valence-corrected chi connectivity index (χ2v) is 4.76. The molecule has 1 heterocycles. The third-order valence-electron chi connectivity index (χ3n) is 3.71. The van der Waals surface area contributed by atoms with Crippen LogP contribution in [0.15, 0.2) is 42.5 Å². The topological polar surface area (TPSA) is 26.3 Å². The molecule has 0 saturated carbocycles. The Kier molecular flexibility index (Phi) is 1.93. The number of carbonyl (C=O) groups is 1. The molecule has 2 nitrogen and oxygen atoms in total. The largest absolute Gasteiger partial charge is 0.455 e. The molecule has 0 N–H and O–H groups in total. The normalized spacial score (nSPS) is 36.2. The lowest BCUT2D eigenvalue weighted by atomic mass is 9.82. The van der Waals surface area contributed by atoms with Gasteiger partial charge in [-0.1, -0.05) is 36.4 Å². The first kappa shape index (κ1) is 9.64. The molecule has 2 aliphatic rings. The molecule has 1 saturated heterocycles. The highest BCUT2D eigenvalue weighted by Gasteiger charge is 2.50. The fraction of sp³-hybridized carbons (Fsp3) is 0.357. The minimum Gasteiger partial charge on any atom is -0.455 e. The molecule has 0 unspecified atom stereocenters. The van der Waals surface area contributed by atoms with E-state index in [0.717, 1.165) is 0 Å². The van der Waals surface area contributed by atoms with E-state index in [-0.39, 0.29) is 17.5 Å². The molecule has 2 heteroatoms. The zero-order valence-electron chi connectivity index (χ0n) is 9.22. The van der Waals surface area contributed by atoms with Crippen LogP contribution in [0.1, 0.15) is 24.8 Å². The average Bonchev–Trinajstić information content (AvgIpc) is 2.71. The van der Waals surface area contributed by atoms with Crippen molar-refractivity contribution in [1.29, 1.82) is 0 Å². The summed E-state index contributed by atoms with van der Waals surface area (Å²) in [5, 5.41) is 0. The van der Waals surface area contributed by atoms with Crippen LogP contribution in [0, 0.1) is 5.92 Å². The van der Waals surface area contributed by atoms with Gasteiger partial charge in [0.2, 0.25) is 0 Å². The molecular weight excluding hydrogens is 200 g/mol. The van der Waals surface area contributed by atoms with Gasteiger partial charge < -0.3 is 4.74 Å². The number of fused-ring (bicyclic) bond motifs is 1. The van der Waals surface area contributed by atoms with Crippen LogP contribution in [0.5, 0.6) is 0 Å². The van der Waals surface area contributed by atoms with Crippen LogP contribution in [0.4, 0.5) is 0 Å². The van der Waals surface area contributed by atoms with Crippen LogP contribution >= 0.6 is 0 Å². The van der Waals surface area contributed by atoms with E-state index in [1.165, 1.54) is 5.56 Å². The molecule has 1 aromatic carbocycles. The van der Waals surface area contributed by atoms with E-state index in [1.54, 1.807) is 0 Å². The molecule has 3 rings (SSSR count). The summed E-state index contributed by atoms with van der Waals surface area (Å²) >= 11 is 0. The predicted octanol–water partition coefficient (Wildman–Crippen LogP) is 2.66. The van der Waals surface area contributed by atoms with E-state index in [9.17, 15) is 4.79 Å². The summed E-state index contributed by atoms with van der Waals surface area (Å²) in [4.78, 5) is 11.4. The smallest absolute Gasteiger partial charge is 0.307 e. The first-order valence-electron chi connectivity index (χ1n) is 5.65. The minimum absolute atomic E-state index is 0.0715. The summed E-state index contributed by atoms with van der Waals surface area (Å²) in [6.07, 6.45) is 4.75. The van der Waals surface area contributed by atoms with E-state index in [4.69, 9.17) is 4.74 Å². The van der Waals surface area contributed by atoms with E-state index < -0.39 is 0 Å². The maximum absolute atomic E-state index is 11.4. The van der Waals surface area contributed by atoms with Gasteiger partial charge in [0, 0.05) is 11.8 Å². The molecule has 0 amide bonds. The monoisotopic (exact) mass is 214 g/mol. The van der Waals surface area contributed by atoms with Crippen LogP contribution in [-0.4, -0.2) is 11.6 Å². The summed E-state index contributed by atoms with van der Waals surface area (Å²) in [6.45, 7) is 2.00. The Morgan fingerprint density at radius 1 is 1.31 bits per heavy atom. The first-order valence-corrected chi connectivity index (χ1v) is 5.65.